The summed E-state index contributed by atoms with van der Waals surface area (Å²) in [4.78, 5) is 0. The molecule has 0 aliphatic heterocycles. The van der Waals surface area contributed by atoms with Crippen LogP contribution in [0.2, 0.25) is 0 Å². The van der Waals surface area contributed by atoms with Crippen LogP contribution in [-0.4, -0.2) is 10.7 Å². The molecule has 1 nitrogen and oxygen atoms in total. The van der Waals surface area contributed by atoms with E-state index in [0.29, 0.717) is 0 Å². The molecule has 76 valence electrons. The smallest absolute Gasteiger partial charge is 0.0859 e. The Labute approximate surface area is 82.2 Å². The topological polar surface area (TPSA) is 20.2 Å². The van der Waals surface area contributed by atoms with Crippen LogP contribution in [-0.2, 0) is 0 Å². The Morgan fingerprint density at radius 2 is 1.62 bits per heavy atom. The highest BCUT2D eigenvalue weighted by Gasteiger charge is 2.23. The van der Waals surface area contributed by atoms with Crippen molar-refractivity contribution in [2.45, 2.75) is 40.2 Å². The van der Waals surface area contributed by atoms with E-state index in [4.69, 9.17) is 0 Å². The first-order valence-electron chi connectivity index (χ1n) is 4.74. The van der Waals surface area contributed by atoms with Gasteiger partial charge in [-0.25, -0.2) is 0 Å². The molecular formula is C12H22O. The lowest BCUT2D eigenvalue weighted by Crippen LogP contribution is -2.29. The van der Waals surface area contributed by atoms with Crippen molar-refractivity contribution in [3.8, 4) is 0 Å². The molecular weight excluding hydrogens is 160 g/mol. The van der Waals surface area contributed by atoms with Crippen LogP contribution < -0.4 is 0 Å². The van der Waals surface area contributed by atoms with Gasteiger partial charge in [0.05, 0.1) is 5.60 Å². The van der Waals surface area contributed by atoms with E-state index in [1.807, 2.05) is 26.0 Å². The highest BCUT2D eigenvalue weighted by atomic mass is 16.3. The van der Waals surface area contributed by atoms with Crippen LogP contribution in [0.4, 0.5) is 0 Å². The molecule has 0 aromatic heterocycles. The van der Waals surface area contributed by atoms with Crippen molar-refractivity contribution in [3.63, 3.8) is 0 Å². The standard InChI is InChI=1S/C12H22O/c1-7-10(2)12(6,13)9-8-11(3,4)5/h7-10,13H,1H2,2-6H3/b9-8+/t10-,12-/m0/s1. The van der Waals surface area contributed by atoms with Crippen LogP contribution in [0.25, 0.3) is 0 Å². The van der Waals surface area contributed by atoms with Gasteiger partial charge < -0.3 is 5.11 Å². The number of allylic oxidation sites excluding steroid dienone is 1. The van der Waals surface area contributed by atoms with Gasteiger partial charge in [0.25, 0.3) is 0 Å². The highest BCUT2D eigenvalue weighted by molar-refractivity contribution is 5.08. The van der Waals surface area contributed by atoms with Crippen LogP contribution in [0.15, 0.2) is 24.8 Å². The normalized spacial score (nSPS) is 19.8. The average molecular weight is 182 g/mol. The number of hydrogen-bond donors (Lipinski definition) is 1. The van der Waals surface area contributed by atoms with Crippen molar-refractivity contribution in [2.24, 2.45) is 11.3 Å². The Morgan fingerprint density at radius 3 is 1.92 bits per heavy atom. The van der Waals surface area contributed by atoms with Crippen molar-refractivity contribution in [1.29, 1.82) is 0 Å². The van der Waals surface area contributed by atoms with E-state index in [-0.39, 0.29) is 11.3 Å². The van der Waals surface area contributed by atoms with Gasteiger partial charge in [0.1, 0.15) is 0 Å². The number of aliphatic hydroxyl groups is 1. The zero-order chi connectivity index (χ0) is 10.7. The molecule has 0 spiro atoms. The molecule has 0 heterocycles. The summed E-state index contributed by atoms with van der Waals surface area (Å²) < 4.78 is 0. The van der Waals surface area contributed by atoms with Crippen LogP contribution >= 0.6 is 0 Å². The minimum Gasteiger partial charge on any atom is -0.385 e. The first kappa shape index (κ1) is 12.4. The van der Waals surface area contributed by atoms with Gasteiger partial charge in [-0.1, -0.05) is 45.9 Å². The minimum absolute atomic E-state index is 0.0751. The summed E-state index contributed by atoms with van der Waals surface area (Å²) in [5.74, 6) is 0.0751. The zero-order valence-electron chi connectivity index (χ0n) is 9.46. The van der Waals surface area contributed by atoms with Gasteiger partial charge in [-0.3, -0.25) is 0 Å². The third kappa shape index (κ3) is 4.89. The van der Waals surface area contributed by atoms with Gasteiger partial charge in [-0.15, -0.1) is 6.58 Å². The van der Waals surface area contributed by atoms with E-state index in [1.165, 1.54) is 0 Å². The molecule has 13 heavy (non-hydrogen) atoms. The molecule has 0 rings (SSSR count). The Morgan fingerprint density at radius 1 is 1.15 bits per heavy atom. The molecule has 0 amide bonds. The van der Waals surface area contributed by atoms with E-state index in [2.05, 4.69) is 27.4 Å². The predicted octanol–water partition coefficient (Wildman–Crippen LogP) is 3.16. The predicted molar refractivity (Wildman–Crippen MR) is 58.6 cm³/mol. The summed E-state index contributed by atoms with van der Waals surface area (Å²) in [6, 6.07) is 0. The Bertz CT molecular complexity index is 194. The lowest BCUT2D eigenvalue weighted by Gasteiger charge is -2.25. The first-order valence-corrected chi connectivity index (χ1v) is 4.74. The van der Waals surface area contributed by atoms with Crippen molar-refractivity contribution < 1.29 is 5.11 Å². The molecule has 0 aliphatic carbocycles. The summed E-state index contributed by atoms with van der Waals surface area (Å²) in [7, 11) is 0. The first-order chi connectivity index (χ1) is 5.69. The summed E-state index contributed by atoms with van der Waals surface area (Å²) in [6.45, 7) is 13.8. The average Bonchev–Trinajstić information content (AvgIpc) is 1.98. The molecule has 0 aliphatic rings. The van der Waals surface area contributed by atoms with Crippen LogP contribution in [0, 0.1) is 11.3 Å². The van der Waals surface area contributed by atoms with Gasteiger partial charge in [-0.2, -0.15) is 0 Å². The van der Waals surface area contributed by atoms with Crippen LogP contribution in [0.5, 0.6) is 0 Å². The summed E-state index contributed by atoms with van der Waals surface area (Å²) in [6.07, 6.45) is 5.67. The molecule has 1 heteroatoms. The molecule has 0 bridgehead atoms. The Hall–Kier alpha value is -0.560. The molecule has 1 N–H and O–H groups in total. The van der Waals surface area contributed by atoms with E-state index in [1.54, 1.807) is 6.08 Å². The van der Waals surface area contributed by atoms with Crippen molar-refractivity contribution in [1.82, 2.24) is 0 Å². The monoisotopic (exact) mass is 182 g/mol. The minimum atomic E-state index is -0.783. The van der Waals surface area contributed by atoms with Crippen molar-refractivity contribution in [2.75, 3.05) is 0 Å². The van der Waals surface area contributed by atoms with Crippen LogP contribution in [0.3, 0.4) is 0 Å². The van der Waals surface area contributed by atoms with Gasteiger partial charge in [-0.05, 0) is 12.3 Å². The maximum Gasteiger partial charge on any atom is 0.0859 e. The quantitative estimate of drug-likeness (QED) is 0.665. The third-order valence-electron chi connectivity index (χ3n) is 2.20. The second-order valence-electron chi connectivity index (χ2n) is 4.95. The molecule has 2 atom stereocenters. The lowest BCUT2D eigenvalue weighted by molar-refractivity contribution is 0.0736. The molecule has 0 fully saturated rings. The van der Waals surface area contributed by atoms with Gasteiger partial charge in [0.15, 0.2) is 0 Å². The molecule has 0 radical (unpaired) electrons. The molecule has 0 aromatic carbocycles. The van der Waals surface area contributed by atoms with Crippen LogP contribution in [0.1, 0.15) is 34.6 Å². The highest BCUT2D eigenvalue weighted by Crippen LogP contribution is 2.23. The molecule has 0 aromatic rings. The Balaban J connectivity index is 4.50. The Kier molecular flexibility index (Phi) is 3.92. The maximum absolute atomic E-state index is 9.99. The van der Waals surface area contributed by atoms with Crippen molar-refractivity contribution in [3.05, 3.63) is 24.8 Å². The zero-order valence-corrected chi connectivity index (χ0v) is 9.46. The summed E-state index contributed by atoms with van der Waals surface area (Å²) >= 11 is 0. The number of rotatable bonds is 3. The molecule has 0 saturated heterocycles. The molecule has 0 unspecified atom stereocenters. The molecule has 0 saturated carbocycles. The van der Waals surface area contributed by atoms with E-state index in [0.717, 1.165) is 0 Å². The third-order valence-corrected chi connectivity index (χ3v) is 2.20. The second kappa shape index (κ2) is 4.10. The van der Waals surface area contributed by atoms with E-state index < -0.39 is 5.60 Å². The van der Waals surface area contributed by atoms with E-state index in [9.17, 15) is 5.11 Å². The fourth-order valence-electron chi connectivity index (χ4n) is 0.809. The van der Waals surface area contributed by atoms with Gasteiger partial charge >= 0.3 is 0 Å². The van der Waals surface area contributed by atoms with E-state index >= 15 is 0 Å². The fourth-order valence-corrected chi connectivity index (χ4v) is 0.809. The number of hydrogen-bond acceptors (Lipinski definition) is 1. The fraction of sp³-hybridized carbons (Fsp3) is 0.667. The van der Waals surface area contributed by atoms with Crippen molar-refractivity contribution >= 4 is 0 Å². The lowest BCUT2D eigenvalue weighted by atomic mass is 9.87. The second-order valence-corrected chi connectivity index (χ2v) is 4.95. The summed E-state index contributed by atoms with van der Waals surface area (Å²) in [5, 5.41) is 9.99. The van der Waals surface area contributed by atoms with Gasteiger partial charge in [0, 0.05) is 5.92 Å². The largest absolute Gasteiger partial charge is 0.385 e. The van der Waals surface area contributed by atoms with Gasteiger partial charge in [0.2, 0.25) is 0 Å². The SMILES string of the molecule is C=C[C@H](C)[C@@](C)(O)/C=C/C(C)(C)C. The summed E-state index contributed by atoms with van der Waals surface area (Å²) in [5.41, 5.74) is -0.667. The maximum atomic E-state index is 9.99.